The standard InChI is InChI=1S/C12H24O3/c1-5-7-12(4,8-13)9-15-11(14)10(3)6-2/h10,13H,5-9H2,1-4H3. The molecule has 1 N–H and O–H groups in total. The Morgan fingerprint density at radius 1 is 1.47 bits per heavy atom. The Hall–Kier alpha value is -0.570. The second kappa shape index (κ2) is 6.83. The van der Waals surface area contributed by atoms with E-state index in [-0.39, 0.29) is 23.9 Å². The lowest BCUT2D eigenvalue weighted by atomic mass is 9.87. The number of rotatable bonds is 7. The summed E-state index contributed by atoms with van der Waals surface area (Å²) < 4.78 is 5.20. The number of carbonyl (C=O) groups is 1. The number of aliphatic hydroxyl groups excluding tert-OH is 1. The lowest BCUT2D eigenvalue weighted by molar-refractivity contribution is -0.152. The first-order chi connectivity index (χ1) is 6.99. The summed E-state index contributed by atoms with van der Waals surface area (Å²) in [6.07, 6.45) is 2.65. The number of hydrogen-bond acceptors (Lipinski definition) is 3. The van der Waals surface area contributed by atoms with Crippen molar-refractivity contribution in [1.82, 2.24) is 0 Å². The van der Waals surface area contributed by atoms with Gasteiger partial charge in [-0.05, 0) is 12.8 Å². The molecule has 0 spiro atoms. The highest BCUT2D eigenvalue weighted by Gasteiger charge is 2.25. The molecule has 0 saturated carbocycles. The predicted molar refractivity (Wildman–Crippen MR) is 60.5 cm³/mol. The maximum Gasteiger partial charge on any atom is 0.308 e. The van der Waals surface area contributed by atoms with Crippen LogP contribution in [0.2, 0.25) is 0 Å². The molecule has 0 fully saturated rings. The molecule has 0 saturated heterocycles. The van der Waals surface area contributed by atoms with Crippen molar-refractivity contribution in [2.75, 3.05) is 13.2 Å². The minimum Gasteiger partial charge on any atom is -0.465 e. The quantitative estimate of drug-likeness (QED) is 0.665. The number of hydrogen-bond donors (Lipinski definition) is 1. The minimum absolute atomic E-state index is 0.0467. The average molecular weight is 216 g/mol. The van der Waals surface area contributed by atoms with Crippen molar-refractivity contribution >= 4 is 5.97 Å². The van der Waals surface area contributed by atoms with Gasteiger partial charge in [0, 0.05) is 5.41 Å². The van der Waals surface area contributed by atoms with Gasteiger partial charge in [-0.2, -0.15) is 0 Å². The molecule has 15 heavy (non-hydrogen) atoms. The molecule has 0 aromatic heterocycles. The molecular weight excluding hydrogens is 192 g/mol. The highest BCUT2D eigenvalue weighted by molar-refractivity contribution is 5.71. The molecule has 0 aromatic carbocycles. The Bertz CT molecular complexity index is 191. The zero-order chi connectivity index (χ0) is 11.9. The Kier molecular flexibility index (Phi) is 6.57. The fourth-order valence-electron chi connectivity index (χ4n) is 1.35. The summed E-state index contributed by atoms with van der Waals surface area (Å²) in [4.78, 5) is 11.4. The summed E-state index contributed by atoms with van der Waals surface area (Å²) in [6.45, 7) is 8.21. The van der Waals surface area contributed by atoms with Crippen LogP contribution in [0, 0.1) is 11.3 Å². The first-order valence-electron chi connectivity index (χ1n) is 5.76. The second-order valence-electron chi connectivity index (χ2n) is 4.64. The van der Waals surface area contributed by atoms with Crippen LogP contribution in [-0.2, 0) is 9.53 Å². The van der Waals surface area contributed by atoms with Crippen molar-refractivity contribution in [1.29, 1.82) is 0 Å². The number of ether oxygens (including phenoxy) is 1. The predicted octanol–water partition coefficient (Wildman–Crippen LogP) is 2.37. The third kappa shape index (κ3) is 5.17. The fraction of sp³-hybridized carbons (Fsp3) is 0.917. The van der Waals surface area contributed by atoms with Crippen LogP contribution in [0.15, 0.2) is 0 Å². The lowest BCUT2D eigenvalue weighted by Crippen LogP contribution is -2.30. The fourth-order valence-corrected chi connectivity index (χ4v) is 1.35. The molecule has 0 aliphatic heterocycles. The number of esters is 1. The van der Waals surface area contributed by atoms with Gasteiger partial charge in [0.15, 0.2) is 0 Å². The monoisotopic (exact) mass is 216 g/mol. The molecule has 0 aliphatic rings. The van der Waals surface area contributed by atoms with Crippen LogP contribution in [0.1, 0.15) is 47.0 Å². The summed E-state index contributed by atoms with van der Waals surface area (Å²) in [7, 11) is 0. The van der Waals surface area contributed by atoms with Gasteiger partial charge in [-0.1, -0.05) is 34.1 Å². The van der Waals surface area contributed by atoms with E-state index in [1.165, 1.54) is 0 Å². The molecule has 0 amide bonds. The van der Waals surface area contributed by atoms with E-state index in [1.54, 1.807) is 0 Å². The van der Waals surface area contributed by atoms with E-state index in [4.69, 9.17) is 4.74 Å². The minimum atomic E-state index is -0.280. The van der Waals surface area contributed by atoms with Gasteiger partial charge >= 0.3 is 5.97 Å². The van der Waals surface area contributed by atoms with Crippen LogP contribution >= 0.6 is 0 Å². The molecule has 3 nitrogen and oxygen atoms in total. The van der Waals surface area contributed by atoms with E-state index in [9.17, 15) is 9.90 Å². The normalized spacial score (nSPS) is 16.9. The Labute approximate surface area is 92.8 Å². The molecule has 2 atom stereocenters. The van der Waals surface area contributed by atoms with Crippen molar-refractivity contribution in [2.24, 2.45) is 11.3 Å². The van der Waals surface area contributed by atoms with Crippen molar-refractivity contribution < 1.29 is 14.6 Å². The maximum atomic E-state index is 11.4. The SMILES string of the molecule is CCCC(C)(CO)COC(=O)C(C)CC. The van der Waals surface area contributed by atoms with E-state index in [2.05, 4.69) is 6.92 Å². The Morgan fingerprint density at radius 3 is 2.47 bits per heavy atom. The average Bonchev–Trinajstić information content (AvgIpc) is 2.25. The topological polar surface area (TPSA) is 46.5 Å². The van der Waals surface area contributed by atoms with Crippen LogP contribution in [-0.4, -0.2) is 24.3 Å². The van der Waals surface area contributed by atoms with Crippen LogP contribution in [0.25, 0.3) is 0 Å². The number of aliphatic hydroxyl groups is 1. The smallest absolute Gasteiger partial charge is 0.308 e. The van der Waals surface area contributed by atoms with Gasteiger partial charge in [-0.3, -0.25) is 4.79 Å². The molecule has 90 valence electrons. The highest BCUT2D eigenvalue weighted by Crippen LogP contribution is 2.23. The van der Waals surface area contributed by atoms with Gasteiger partial charge in [0.2, 0.25) is 0 Å². The van der Waals surface area contributed by atoms with E-state index in [1.807, 2.05) is 20.8 Å². The van der Waals surface area contributed by atoms with Crippen LogP contribution in [0.3, 0.4) is 0 Å². The van der Waals surface area contributed by atoms with Gasteiger partial charge in [-0.25, -0.2) is 0 Å². The molecule has 0 aliphatic carbocycles. The van der Waals surface area contributed by atoms with Gasteiger partial charge in [-0.15, -0.1) is 0 Å². The van der Waals surface area contributed by atoms with Crippen LogP contribution in [0.4, 0.5) is 0 Å². The third-order valence-electron chi connectivity index (χ3n) is 2.81. The largest absolute Gasteiger partial charge is 0.465 e. The second-order valence-corrected chi connectivity index (χ2v) is 4.64. The molecule has 0 radical (unpaired) electrons. The Balaban J connectivity index is 4.05. The van der Waals surface area contributed by atoms with Gasteiger partial charge in [0.1, 0.15) is 0 Å². The van der Waals surface area contributed by atoms with E-state index >= 15 is 0 Å². The highest BCUT2D eigenvalue weighted by atomic mass is 16.5. The molecule has 2 unspecified atom stereocenters. The maximum absolute atomic E-state index is 11.4. The number of carbonyl (C=O) groups excluding carboxylic acids is 1. The summed E-state index contributed by atoms with van der Waals surface area (Å²) in [6, 6.07) is 0. The molecular formula is C12H24O3. The lowest BCUT2D eigenvalue weighted by Gasteiger charge is -2.26. The molecule has 0 bridgehead atoms. The van der Waals surface area contributed by atoms with Crippen LogP contribution < -0.4 is 0 Å². The Morgan fingerprint density at radius 2 is 2.07 bits per heavy atom. The van der Waals surface area contributed by atoms with Crippen LogP contribution in [0.5, 0.6) is 0 Å². The van der Waals surface area contributed by atoms with Crippen molar-refractivity contribution in [3.05, 3.63) is 0 Å². The van der Waals surface area contributed by atoms with Crippen molar-refractivity contribution in [2.45, 2.75) is 47.0 Å². The molecule has 0 rings (SSSR count). The molecule has 0 heterocycles. The van der Waals surface area contributed by atoms with E-state index < -0.39 is 0 Å². The third-order valence-corrected chi connectivity index (χ3v) is 2.81. The van der Waals surface area contributed by atoms with Gasteiger partial charge < -0.3 is 9.84 Å². The zero-order valence-corrected chi connectivity index (χ0v) is 10.4. The first kappa shape index (κ1) is 14.4. The first-order valence-corrected chi connectivity index (χ1v) is 5.76. The van der Waals surface area contributed by atoms with Gasteiger partial charge in [0.25, 0.3) is 0 Å². The van der Waals surface area contributed by atoms with Gasteiger partial charge in [0.05, 0.1) is 19.1 Å². The van der Waals surface area contributed by atoms with E-state index in [0.29, 0.717) is 6.61 Å². The molecule has 0 aromatic rings. The molecule has 3 heteroatoms. The summed E-state index contributed by atoms with van der Waals surface area (Å²) in [5, 5.41) is 9.23. The summed E-state index contributed by atoms with van der Waals surface area (Å²) >= 11 is 0. The van der Waals surface area contributed by atoms with Crippen molar-refractivity contribution in [3.63, 3.8) is 0 Å². The summed E-state index contributed by atoms with van der Waals surface area (Å²) in [5.41, 5.74) is -0.280. The van der Waals surface area contributed by atoms with E-state index in [0.717, 1.165) is 19.3 Å². The zero-order valence-electron chi connectivity index (χ0n) is 10.4. The summed E-state index contributed by atoms with van der Waals surface area (Å²) in [5.74, 6) is -0.206. The van der Waals surface area contributed by atoms with Crippen molar-refractivity contribution in [3.8, 4) is 0 Å².